The Labute approximate surface area is 118 Å². The summed E-state index contributed by atoms with van der Waals surface area (Å²) in [7, 11) is 2.29. The topological polar surface area (TPSA) is 15.3 Å². The minimum Gasteiger partial charge on any atom is -0.315 e. The smallest absolute Gasteiger partial charge is 0.0472 e. The van der Waals surface area contributed by atoms with Gasteiger partial charge in [0, 0.05) is 18.6 Å². The van der Waals surface area contributed by atoms with Gasteiger partial charge in [0.2, 0.25) is 0 Å². The van der Waals surface area contributed by atoms with Crippen molar-refractivity contribution in [1.29, 1.82) is 0 Å². The molecular weight excluding hydrogens is 232 g/mol. The molecule has 2 heteroatoms. The largest absolute Gasteiger partial charge is 0.315 e. The molecule has 2 nitrogen and oxygen atoms in total. The van der Waals surface area contributed by atoms with Crippen molar-refractivity contribution in [3.05, 3.63) is 35.9 Å². The van der Waals surface area contributed by atoms with Crippen LogP contribution in [0.2, 0.25) is 0 Å². The van der Waals surface area contributed by atoms with Crippen LogP contribution in [0.1, 0.15) is 44.7 Å². The summed E-state index contributed by atoms with van der Waals surface area (Å²) in [5, 5.41) is 3.63. The number of nitrogens with zero attached hydrogens (tertiary/aromatic N) is 1. The maximum Gasteiger partial charge on any atom is 0.0472 e. The lowest BCUT2D eigenvalue weighted by molar-refractivity contribution is 0.108. The number of rotatable bonds is 7. The fraction of sp³-hybridized carbons (Fsp3) is 0.647. The molecule has 0 aliphatic heterocycles. The molecule has 1 saturated carbocycles. The first-order valence-electron chi connectivity index (χ1n) is 7.66. The lowest BCUT2D eigenvalue weighted by Gasteiger charge is -2.40. The number of likely N-dealkylation sites (N-methyl/N-ethyl adjacent to an activating group) is 1. The van der Waals surface area contributed by atoms with Crippen LogP contribution in [0, 0.1) is 5.92 Å². The fourth-order valence-electron chi connectivity index (χ4n) is 2.73. The summed E-state index contributed by atoms with van der Waals surface area (Å²) in [4.78, 5) is 2.58. The van der Waals surface area contributed by atoms with Crippen LogP contribution in [-0.4, -0.2) is 31.1 Å². The van der Waals surface area contributed by atoms with E-state index in [0.717, 1.165) is 19.1 Å². The van der Waals surface area contributed by atoms with E-state index >= 15 is 0 Å². The van der Waals surface area contributed by atoms with Crippen molar-refractivity contribution in [2.45, 2.75) is 45.2 Å². The Morgan fingerprint density at radius 2 is 1.84 bits per heavy atom. The Kier molecular flexibility index (Phi) is 5.41. The van der Waals surface area contributed by atoms with Gasteiger partial charge in [0.05, 0.1) is 0 Å². The predicted molar refractivity (Wildman–Crippen MR) is 82.3 cm³/mol. The van der Waals surface area contributed by atoms with Gasteiger partial charge in [-0.2, -0.15) is 0 Å². The molecule has 1 N–H and O–H groups in total. The van der Waals surface area contributed by atoms with Gasteiger partial charge < -0.3 is 5.32 Å². The zero-order chi connectivity index (χ0) is 13.7. The number of nitrogens with one attached hydrogen (secondary N) is 1. The highest BCUT2D eigenvalue weighted by atomic mass is 15.2. The van der Waals surface area contributed by atoms with E-state index in [2.05, 4.69) is 61.4 Å². The molecule has 1 aromatic rings. The van der Waals surface area contributed by atoms with Gasteiger partial charge in [-0.05, 0) is 37.9 Å². The van der Waals surface area contributed by atoms with Gasteiger partial charge in [-0.1, -0.05) is 50.6 Å². The molecule has 0 amide bonds. The second kappa shape index (κ2) is 7.06. The Morgan fingerprint density at radius 3 is 2.37 bits per heavy atom. The number of hydrogen-bond donors (Lipinski definition) is 1. The molecule has 0 bridgehead atoms. The van der Waals surface area contributed by atoms with Gasteiger partial charge in [0.1, 0.15) is 0 Å². The average molecular weight is 260 g/mol. The zero-order valence-electron chi connectivity index (χ0n) is 12.6. The van der Waals surface area contributed by atoms with Crippen molar-refractivity contribution in [2.24, 2.45) is 5.92 Å². The van der Waals surface area contributed by atoms with Crippen LogP contribution in [0.4, 0.5) is 0 Å². The zero-order valence-corrected chi connectivity index (χ0v) is 12.6. The van der Waals surface area contributed by atoms with Gasteiger partial charge in [-0.3, -0.25) is 4.90 Å². The van der Waals surface area contributed by atoms with E-state index in [1.165, 1.54) is 24.8 Å². The molecule has 106 valence electrons. The van der Waals surface area contributed by atoms with Crippen LogP contribution in [0.3, 0.4) is 0 Å². The second-order valence-corrected chi connectivity index (χ2v) is 6.23. The molecule has 1 aliphatic rings. The molecule has 0 aromatic heterocycles. The molecular formula is C17H28N2. The molecule has 0 saturated heterocycles. The maximum atomic E-state index is 3.63. The Hall–Kier alpha value is -0.860. The van der Waals surface area contributed by atoms with E-state index in [1.807, 2.05) is 0 Å². The Bertz CT molecular complexity index is 357. The quantitative estimate of drug-likeness (QED) is 0.807. The third-order valence-corrected chi connectivity index (χ3v) is 4.22. The highest BCUT2D eigenvalue weighted by Crippen LogP contribution is 2.30. The van der Waals surface area contributed by atoms with Gasteiger partial charge >= 0.3 is 0 Å². The van der Waals surface area contributed by atoms with Crippen molar-refractivity contribution in [3.8, 4) is 0 Å². The average Bonchev–Trinajstić information content (AvgIpc) is 2.33. The summed E-state index contributed by atoms with van der Waals surface area (Å²) in [6.07, 6.45) is 4.13. The monoisotopic (exact) mass is 260 g/mol. The summed E-state index contributed by atoms with van der Waals surface area (Å²) < 4.78 is 0. The molecule has 1 aliphatic carbocycles. The second-order valence-electron chi connectivity index (χ2n) is 6.23. The third-order valence-electron chi connectivity index (χ3n) is 4.22. The van der Waals surface area contributed by atoms with Gasteiger partial charge in [0.25, 0.3) is 0 Å². The first-order valence-corrected chi connectivity index (χ1v) is 7.66. The van der Waals surface area contributed by atoms with E-state index in [9.17, 15) is 0 Å². The normalized spacial score (nSPS) is 17.7. The van der Waals surface area contributed by atoms with E-state index in [4.69, 9.17) is 0 Å². The van der Waals surface area contributed by atoms with E-state index in [0.29, 0.717) is 12.0 Å². The number of hydrogen-bond acceptors (Lipinski definition) is 2. The fourth-order valence-corrected chi connectivity index (χ4v) is 2.73. The number of benzene rings is 1. The van der Waals surface area contributed by atoms with Crippen molar-refractivity contribution in [1.82, 2.24) is 10.2 Å². The summed E-state index contributed by atoms with van der Waals surface area (Å²) in [5.74, 6) is 0.713. The molecule has 1 aromatic carbocycles. The Morgan fingerprint density at radius 1 is 1.16 bits per heavy atom. The van der Waals surface area contributed by atoms with E-state index in [1.54, 1.807) is 0 Å². The molecule has 1 atom stereocenters. The summed E-state index contributed by atoms with van der Waals surface area (Å²) in [6, 6.07) is 12.2. The predicted octanol–water partition coefficient (Wildman–Crippen LogP) is 3.46. The van der Waals surface area contributed by atoms with Crippen molar-refractivity contribution in [3.63, 3.8) is 0 Å². The maximum absolute atomic E-state index is 3.63. The van der Waals surface area contributed by atoms with Crippen LogP contribution >= 0.6 is 0 Å². The summed E-state index contributed by atoms with van der Waals surface area (Å²) in [6.45, 7) is 6.68. The van der Waals surface area contributed by atoms with Crippen LogP contribution in [0.5, 0.6) is 0 Å². The molecule has 1 unspecified atom stereocenters. The van der Waals surface area contributed by atoms with Crippen molar-refractivity contribution >= 4 is 0 Å². The summed E-state index contributed by atoms with van der Waals surface area (Å²) in [5.41, 5.74) is 1.44. The molecule has 19 heavy (non-hydrogen) atoms. The highest BCUT2D eigenvalue weighted by Gasteiger charge is 2.28. The highest BCUT2D eigenvalue weighted by molar-refractivity contribution is 5.19. The van der Waals surface area contributed by atoms with Crippen LogP contribution in [-0.2, 0) is 0 Å². The van der Waals surface area contributed by atoms with Crippen LogP contribution in [0.15, 0.2) is 30.3 Å². The van der Waals surface area contributed by atoms with Gasteiger partial charge in [-0.15, -0.1) is 0 Å². The SMILES string of the molecule is CC(C)CNCC(c1ccccc1)N(C)C1CCC1. The molecule has 1 fully saturated rings. The van der Waals surface area contributed by atoms with E-state index in [-0.39, 0.29) is 0 Å². The van der Waals surface area contributed by atoms with Crippen LogP contribution in [0.25, 0.3) is 0 Å². The van der Waals surface area contributed by atoms with Gasteiger partial charge in [-0.25, -0.2) is 0 Å². The molecule has 0 radical (unpaired) electrons. The minimum absolute atomic E-state index is 0.505. The standard InChI is InChI=1S/C17H28N2/c1-14(2)12-18-13-17(15-8-5-4-6-9-15)19(3)16-10-7-11-16/h4-6,8-9,14,16-18H,7,10-13H2,1-3H3. The first-order chi connectivity index (χ1) is 9.18. The lowest BCUT2D eigenvalue weighted by Crippen LogP contribution is -2.43. The molecule has 0 spiro atoms. The third kappa shape index (κ3) is 4.05. The van der Waals surface area contributed by atoms with Gasteiger partial charge in [0.15, 0.2) is 0 Å². The lowest BCUT2D eigenvalue weighted by atomic mass is 9.89. The van der Waals surface area contributed by atoms with Crippen LogP contribution < -0.4 is 5.32 Å². The molecule has 2 rings (SSSR count). The Balaban J connectivity index is 2.00. The first kappa shape index (κ1) is 14.5. The van der Waals surface area contributed by atoms with Crippen molar-refractivity contribution < 1.29 is 0 Å². The summed E-state index contributed by atoms with van der Waals surface area (Å²) >= 11 is 0. The van der Waals surface area contributed by atoms with E-state index < -0.39 is 0 Å². The molecule has 0 heterocycles. The van der Waals surface area contributed by atoms with Crippen molar-refractivity contribution in [2.75, 3.05) is 20.1 Å². The minimum atomic E-state index is 0.505.